The highest BCUT2D eigenvalue weighted by atomic mass is 35.5. The Labute approximate surface area is 163 Å². The second-order valence-corrected chi connectivity index (χ2v) is 7.28. The van der Waals surface area contributed by atoms with Crippen molar-refractivity contribution in [3.05, 3.63) is 61.9 Å². The van der Waals surface area contributed by atoms with Crippen molar-refractivity contribution >= 4 is 69.5 Å². The molecule has 3 rings (SSSR count). The van der Waals surface area contributed by atoms with E-state index in [1.54, 1.807) is 36.4 Å². The van der Waals surface area contributed by atoms with E-state index in [0.29, 0.717) is 32.1 Å². The summed E-state index contributed by atoms with van der Waals surface area (Å²) in [5, 5.41) is 0.836. The van der Waals surface area contributed by atoms with Gasteiger partial charge in [0.2, 0.25) is 0 Å². The van der Waals surface area contributed by atoms with Gasteiger partial charge >= 0.3 is 0 Å². The number of hydrogen-bond acceptors (Lipinski definition) is 4. The molecule has 128 valence electrons. The second-order valence-electron chi connectivity index (χ2n) is 5.00. The third-order valence-electron chi connectivity index (χ3n) is 3.41. The average molecular weight is 415 g/mol. The first-order chi connectivity index (χ1) is 11.9. The lowest BCUT2D eigenvalue weighted by Gasteiger charge is -2.12. The molecule has 0 saturated carbocycles. The molecule has 1 heterocycles. The minimum Gasteiger partial charge on any atom is -0.495 e. The van der Waals surface area contributed by atoms with Crippen molar-refractivity contribution in [1.29, 1.82) is 0 Å². The van der Waals surface area contributed by atoms with E-state index in [1.807, 2.05) is 0 Å². The van der Waals surface area contributed by atoms with Gasteiger partial charge in [-0.15, -0.1) is 0 Å². The Hall–Kier alpha value is -1.66. The van der Waals surface area contributed by atoms with Crippen molar-refractivity contribution in [3.8, 4) is 5.75 Å². The average Bonchev–Trinajstić information content (AvgIpc) is 2.82. The normalized spacial score (nSPS) is 16.0. The van der Waals surface area contributed by atoms with E-state index in [1.165, 1.54) is 13.2 Å². The number of anilines is 1. The number of methoxy groups -OCH3 is 1. The number of hydrogen-bond donors (Lipinski definition) is 0. The molecule has 0 radical (unpaired) electrons. The number of benzene rings is 2. The van der Waals surface area contributed by atoms with Crippen molar-refractivity contribution in [1.82, 2.24) is 0 Å². The van der Waals surface area contributed by atoms with Crippen LogP contribution in [0.2, 0.25) is 15.1 Å². The predicted octanol–water partition coefficient (Wildman–Crippen LogP) is 5.90. The van der Waals surface area contributed by atoms with E-state index in [9.17, 15) is 9.59 Å². The molecule has 0 bridgehead atoms. The summed E-state index contributed by atoms with van der Waals surface area (Å²) in [6.45, 7) is 0. The molecule has 4 nitrogen and oxygen atoms in total. The smallest absolute Gasteiger partial charge is 0.298 e. The van der Waals surface area contributed by atoms with Crippen LogP contribution in [0.15, 0.2) is 41.3 Å². The number of imide groups is 1. The van der Waals surface area contributed by atoms with Gasteiger partial charge in [0.25, 0.3) is 11.1 Å². The van der Waals surface area contributed by atoms with Crippen LogP contribution in [0.3, 0.4) is 0 Å². The molecule has 0 unspecified atom stereocenters. The largest absolute Gasteiger partial charge is 0.495 e. The fraction of sp³-hybridized carbons (Fsp3) is 0.0588. The van der Waals surface area contributed by atoms with E-state index in [-0.39, 0.29) is 4.91 Å². The summed E-state index contributed by atoms with van der Waals surface area (Å²) >= 11 is 18.8. The Bertz CT molecular complexity index is 897. The van der Waals surface area contributed by atoms with Crippen LogP contribution in [0, 0.1) is 0 Å². The number of amides is 2. The lowest BCUT2D eigenvalue weighted by molar-refractivity contribution is -0.113. The Kier molecular flexibility index (Phi) is 5.29. The van der Waals surface area contributed by atoms with Crippen molar-refractivity contribution in [2.75, 3.05) is 12.0 Å². The molecule has 1 saturated heterocycles. The zero-order valence-corrected chi connectivity index (χ0v) is 15.8. The molecule has 0 aliphatic carbocycles. The maximum atomic E-state index is 12.7. The molecule has 2 aromatic rings. The van der Waals surface area contributed by atoms with Crippen LogP contribution in [0.1, 0.15) is 5.56 Å². The summed E-state index contributed by atoms with van der Waals surface area (Å²) < 4.78 is 5.26. The number of rotatable bonds is 3. The van der Waals surface area contributed by atoms with Gasteiger partial charge in [-0.25, -0.2) is 4.90 Å². The van der Waals surface area contributed by atoms with Crippen LogP contribution in [0.5, 0.6) is 5.75 Å². The van der Waals surface area contributed by atoms with Gasteiger partial charge in [-0.1, -0.05) is 34.8 Å². The molecule has 1 aliphatic rings. The first kappa shape index (κ1) is 18.1. The van der Waals surface area contributed by atoms with Crippen LogP contribution in [-0.4, -0.2) is 18.3 Å². The summed E-state index contributed by atoms with van der Waals surface area (Å²) in [6.07, 6.45) is 1.54. The van der Waals surface area contributed by atoms with Gasteiger partial charge in [0.05, 0.1) is 22.7 Å². The summed E-state index contributed by atoms with van der Waals surface area (Å²) in [7, 11) is 1.46. The second kappa shape index (κ2) is 7.30. The third kappa shape index (κ3) is 3.65. The summed E-state index contributed by atoms with van der Waals surface area (Å²) in [5.41, 5.74) is 0.966. The van der Waals surface area contributed by atoms with E-state index in [2.05, 4.69) is 0 Å². The minimum atomic E-state index is -0.435. The standard InChI is InChI=1S/C17H10Cl3NO3S/c1-24-15-9(6-11(19)8-13(15)20)7-14-16(22)21(17(23)25-14)12-4-2-10(18)3-5-12/h2-8H,1H3/b14-7+. The number of nitrogens with zero attached hydrogens (tertiary/aromatic N) is 1. The molecule has 2 aromatic carbocycles. The molecule has 0 atom stereocenters. The summed E-state index contributed by atoms with van der Waals surface area (Å²) in [4.78, 5) is 26.3. The molecule has 1 fully saturated rings. The molecule has 25 heavy (non-hydrogen) atoms. The maximum Gasteiger partial charge on any atom is 0.298 e. The van der Waals surface area contributed by atoms with Crippen LogP contribution in [0.25, 0.3) is 6.08 Å². The van der Waals surface area contributed by atoms with Gasteiger partial charge in [0.15, 0.2) is 0 Å². The zero-order chi connectivity index (χ0) is 18.1. The van der Waals surface area contributed by atoms with Crippen LogP contribution in [0.4, 0.5) is 10.5 Å². The van der Waals surface area contributed by atoms with Crippen molar-refractivity contribution < 1.29 is 14.3 Å². The van der Waals surface area contributed by atoms with Crippen molar-refractivity contribution in [2.45, 2.75) is 0 Å². The molecular weight excluding hydrogens is 405 g/mol. The molecule has 1 aliphatic heterocycles. The number of carbonyl (C=O) groups excluding carboxylic acids is 2. The van der Waals surface area contributed by atoms with Gasteiger partial charge < -0.3 is 4.74 Å². The monoisotopic (exact) mass is 413 g/mol. The molecule has 0 aromatic heterocycles. The van der Waals surface area contributed by atoms with Crippen LogP contribution < -0.4 is 9.64 Å². The minimum absolute atomic E-state index is 0.247. The molecular formula is C17H10Cl3NO3S. The number of thioether (sulfide) groups is 1. The topological polar surface area (TPSA) is 46.6 Å². The number of ether oxygens (including phenoxy) is 1. The highest BCUT2D eigenvalue weighted by Crippen LogP contribution is 2.39. The van der Waals surface area contributed by atoms with E-state index in [0.717, 1.165) is 16.7 Å². The third-order valence-corrected chi connectivity index (χ3v) is 5.03. The molecule has 0 N–H and O–H groups in total. The first-order valence-corrected chi connectivity index (χ1v) is 8.92. The van der Waals surface area contributed by atoms with Crippen LogP contribution in [-0.2, 0) is 4.79 Å². The Morgan fingerprint density at radius 1 is 1.04 bits per heavy atom. The van der Waals surface area contributed by atoms with E-state index in [4.69, 9.17) is 39.5 Å². The van der Waals surface area contributed by atoms with Gasteiger partial charge in [-0.05, 0) is 54.2 Å². The Morgan fingerprint density at radius 2 is 1.72 bits per heavy atom. The lowest BCUT2D eigenvalue weighted by atomic mass is 10.1. The van der Waals surface area contributed by atoms with E-state index >= 15 is 0 Å². The van der Waals surface area contributed by atoms with Gasteiger partial charge in [-0.2, -0.15) is 0 Å². The maximum absolute atomic E-state index is 12.7. The van der Waals surface area contributed by atoms with E-state index < -0.39 is 11.1 Å². The van der Waals surface area contributed by atoms with Gasteiger partial charge in [0, 0.05) is 15.6 Å². The fourth-order valence-corrected chi connectivity index (χ4v) is 3.87. The summed E-state index contributed by atoms with van der Waals surface area (Å²) in [6, 6.07) is 9.60. The Morgan fingerprint density at radius 3 is 2.36 bits per heavy atom. The lowest BCUT2D eigenvalue weighted by Crippen LogP contribution is -2.27. The number of halogens is 3. The first-order valence-electron chi connectivity index (χ1n) is 6.97. The van der Waals surface area contributed by atoms with Crippen LogP contribution >= 0.6 is 46.6 Å². The predicted molar refractivity (Wildman–Crippen MR) is 103 cm³/mol. The van der Waals surface area contributed by atoms with Crippen molar-refractivity contribution in [3.63, 3.8) is 0 Å². The molecule has 2 amide bonds. The Balaban J connectivity index is 2.00. The number of carbonyl (C=O) groups is 2. The fourth-order valence-electron chi connectivity index (χ4n) is 2.32. The highest BCUT2D eigenvalue weighted by molar-refractivity contribution is 8.19. The van der Waals surface area contributed by atoms with Crippen molar-refractivity contribution in [2.24, 2.45) is 0 Å². The van der Waals surface area contributed by atoms with Gasteiger partial charge in [0.1, 0.15) is 5.75 Å². The molecule has 0 spiro atoms. The highest BCUT2D eigenvalue weighted by Gasteiger charge is 2.36. The molecule has 8 heteroatoms. The summed E-state index contributed by atoms with van der Waals surface area (Å²) in [5.74, 6) is -0.0557. The zero-order valence-electron chi connectivity index (χ0n) is 12.8. The SMILES string of the molecule is COc1c(Cl)cc(Cl)cc1/C=C1/SC(=O)N(c2ccc(Cl)cc2)C1=O. The quantitative estimate of drug-likeness (QED) is 0.587. The van der Waals surface area contributed by atoms with Gasteiger partial charge in [-0.3, -0.25) is 9.59 Å².